The van der Waals surface area contributed by atoms with Crippen LogP contribution in [0.15, 0.2) is 35.0 Å². The summed E-state index contributed by atoms with van der Waals surface area (Å²) in [4.78, 5) is 0. The Labute approximate surface area is 123 Å². The van der Waals surface area contributed by atoms with Gasteiger partial charge in [-0.05, 0) is 53.6 Å². The summed E-state index contributed by atoms with van der Waals surface area (Å²) in [5.74, 6) is 0.0326. The van der Waals surface area contributed by atoms with Crippen molar-refractivity contribution in [3.05, 3.63) is 52.0 Å². The first-order chi connectivity index (χ1) is 9.70. The van der Waals surface area contributed by atoms with Crippen LogP contribution in [-0.2, 0) is 6.42 Å². The molecular formula is C16H20FNOS. The molecule has 2 nitrogen and oxygen atoms in total. The van der Waals surface area contributed by atoms with Crippen LogP contribution in [-0.4, -0.2) is 13.2 Å². The van der Waals surface area contributed by atoms with Crippen LogP contribution >= 0.6 is 11.3 Å². The van der Waals surface area contributed by atoms with Crippen LogP contribution in [0, 0.1) is 5.82 Å². The quantitative estimate of drug-likeness (QED) is 0.827. The molecule has 0 amide bonds. The van der Waals surface area contributed by atoms with Crippen LogP contribution in [0.25, 0.3) is 0 Å². The van der Waals surface area contributed by atoms with Crippen molar-refractivity contribution in [2.45, 2.75) is 26.3 Å². The van der Waals surface area contributed by atoms with E-state index in [9.17, 15) is 4.39 Å². The SMILES string of the molecule is CCNC(C)c1ccc(OCCc2ccsc2)c(F)c1. The fourth-order valence-electron chi connectivity index (χ4n) is 2.04. The Morgan fingerprint density at radius 3 is 2.85 bits per heavy atom. The predicted octanol–water partition coefficient (Wildman–Crippen LogP) is 4.18. The Morgan fingerprint density at radius 2 is 2.20 bits per heavy atom. The zero-order valence-corrected chi connectivity index (χ0v) is 12.7. The van der Waals surface area contributed by atoms with Crippen molar-refractivity contribution in [3.63, 3.8) is 0 Å². The molecule has 1 N–H and O–H groups in total. The maximum atomic E-state index is 14.0. The molecule has 4 heteroatoms. The Balaban J connectivity index is 1.92. The van der Waals surface area contributed by atoms with Gasteiger partial charge in [0.1, 0.15) is 0 Å². The second-order valence-corrected chi connectivity index (χ2v) is 5.48. The number of hydrogen-bond acceptors (Lipinski definition) is 3. The van der Waals surface area contributed by atoms with Crippen molar-refractivity contribution < 1.29 is 9.13 Å². The molecule has 0 saturated carbocycles. The molecule has 0 aliphatic heterocycles. The van der Waals surface area contributed by atoms with E-state index in [2.05, 4.69) is 16.8 Å². The van der Waals surface area contributed by atoms with Gasteiger partial charge in [0.25, 0.3) is 0 Å². The average Bonchev–Trinajstić information content (AvgIpc) is 2.94. The van der Waals surface area contributed by atoms with Gasteiger partial charge in [0, 0.05) is 12.5 Å². The molecule has 20 heavy (non-hydrogen) atoms. The van der Waals surface area contributed by atoms with Crippen molar-refractivity contribution in [2.24, 2.45) is 0 Å². The first-order valence-electron chi connectivity index (χ1n) is 6.87. The first kappa shape index (κ1) is 15.0. The van der Waals surface area contributed by atoms with Gasteiger partial charge >= 0.3 is 0 Å². The number of hydrogen-bond donors (Lipinski definition) is 1. The Morgan fingerprint density at radius 1 is 1.35 bits per heavy atom. The topological polar surface area (TPSA) is 21.3 Å². The average molecular weight is 293 g/mol. The molecule has 1 atom stereocenters. The summed E-state index contributed by atoms with van der Waals surface area (Å²) in [6, 6.07) is 7.38. The fraction of sp³-hybridized carbons (Fsp3) is 0.375. The van der Waals surface area contributed by atoms with Crippen LogP contribution in [0.1, 0.15) is 31.0 Å². The maximum absolute atomic E-state index is 14.0. The molecule has 108 valence electrons. The van der Waals surface area contributed by atoms with Gasteiger partial charge in [-0.2, -0.15) is 11.3 Å². The van der Waals surface area contributed by atoms with Crippen LogP contribution in [0.2, 0.25) is 0 Å². The summed E-state index contributed by atoms with van der Waals surface area (Å²) in [7, 11) is 0. The molecular weight excluding hydrogens is 273 g/mol. The minimum absolute atomic E-state index is 0.148. The second-order valence-electron chi connectivity index (χ2n) is 4.70. The lowest BCUT2D eigenvalue weighted by Gasteiger charge is -2.14. The summed E-state index contributed by atoms with van der Waals surface area (Å²) < 4.78 is 19.5. The highest BCUT2D eigenvalue weighted by Crippen LogP contribution is 2.22. The third-order valence-corrected chi connectivity index (χ3v) is 3.93. The lowest BCUT2D eigenvalue weighted by atomic mass is 10.1. The lowest BCUT2D eigenvalue weighted by Crippen LogP contribution is -2.17. The van der Waals surface area contributed by atoms with Gasteiger partial charge in [0.2, 0.25) is 0 Å². The number of benzene rings is 1. The van der Waals surface area contributed by atoms with E-state index in [4.69, 9.17) is 4.74 Å². The van der Waals surface area contributed by atoms with E-state index >= 15 is 0 Å². The highest BCUT2D eigenvalue weighted by atomic mass is 32.1. The van der Waals surface area contributed by atoms with E-state index in [1.807, 2.05) is 25.3 Å². The van der Waals surface area contributed by atoms with E-state index in [0.717, 1.165) is 18.5 Å². The molecule has 2 aromatic rings. The van der Waals surface area contributed by atoms with Crippen LogP contribution < -0.4 is 10.1 Å². The van der Waals surface area contributed by atoms with Crippen molar-refractivity contribution >= 4 is 11.3 Å². The molecule has 0 saturated heterocycles. The summed E-state index contributed by atoms with van der Waals surface area (Å²) in [6.07, 6.45) is 0.804. The Bertz CT molecular complexity index is 527. The van der Waals surface area contributed by atoms with Crippen LogP contribution in [0.5, 0.6) is 5.75 Å². The van der Waals surface area contributed by atoms with Crippen molar-refractivity contribution in [2.75, 3.05) is 13.2 Å². The highest BCUT2D eigenvalue weighted by Gasteiger charge is 2.09. The largest absolute Gasteiger partial charge is 0.490 e. The van der Waals surface area contributed by atoms with E-state index in [1.54, 1.807) is 23.5 Å². The zero-order chi connectivity index (χ0) is 14.4. The van der Waals surface area contributed by atoms with Gasteiger partial charge in [-0.3, -0.25) is 0 Å². The number of nitrogens with one attached hydrogen (secondary N) is 1. The van der Waals surface area contributed by atoms with Crippen molar-refractivity contribution in [1.29, 1.82) is 0 Å². The normalized spacial score (nSPS) is 12.3. The Kier molecular flexibility index (Phi) is 5.56. The number of thiophene rings is 1. The van der Waals surface area contributed by atoms with Gasteiger partial charge in [0.15, 0.2) is 11.6 Å². The lowest BCUT2D eigenvalue weighted by molar-refractivity contribution is 0.305. The predicted molar refractivity (Wildman–Crippen MR) is 82.0 cm³/mol. The molecule has 0 radical (unpaired) electrons. The molecule has 0 bridgehead atoms. The molecule has 1 unspecified atom stereocenters. The molecule has 1 heterocycles. The molecule has 0 fully saturated rings. The minimum Gasteiger partial charge on any atom is -0.490 e. The van der Waals surface area contributed by atoms with Crippen molar-refractivity contribution in [3.8, 4) is 5.75 Å². The van der Waals surface area contributed by atoms with Crippen molar-refractivity contribution in [1.82, 2.24) is 5.32 Å². The summed E-state index contributed by atoms with van der Waals surface area (Å²) >= 11 is 1.66. The number of halogens is 1. The molecule has 1 aromatic heterocycles. The van der Waals surface area contributed by atoms with E-state index < -0.39 is 0 Å². The number of ether oxygens (including phenoxy) is 1. The minimum atomic E-state index is -0.294. The standard InChI is InChI=1S/C16H20FNOS/c1-3-18-12(2)14-4-5-16(15(17)10-14)19-8-6-13-7-9-20-11-13/h4-5,7,9-12,18H,3,6,8H2,1-2H3. The number of rotatable bonds is 7. The highest BCUT2D eigenvalue weighted by molar-refractivity contribution is 7.07. The molecule has 0 aliphatic carbocycles. The van der Waals surface area contributed by atoms with Gasteiger partial charge in [-0.15, -0.1) is 0 Å². The van der Waals surface area contributed by atoms with E-state index in [0.29, 0.717) is 12.4 Å². The third kappa shape index (κ3) is 4.05. The van der Waals surface area contributed by atoms with Gasteiger partial charge in [-0.25, -0.2) is 4.39 Å². The molecule has 1 aromatic carbocycles. The fourth-order valence-corrected chi connectivity index (χ4v) is 2.74. The van der Waals surface area contributed by atoms with Gasteiger partial charge < -0.3 is 10.1 Å². The van der Waals surface area contributed by atoms with Crippen LogP contribution in [0.3, 0.4) is 0 Å². The Hall–Kier alpha value is -1.39. The first-order valence-corrected chi connectivity index (χ1v) is 7.81. The van der Waals surface area contributed by atoms with Crippen LogP contribution in [0.4, 0.5) is 4.39 Å². The monoisotopic (exact) mass is 293 g/mol. The van der Waals surface area contributed by atoms with Gasteiger partial charge in [-0.1, -0.05) is 13.0 Å². The smallest absolute Gasteiger partial charge is 0.165 e. The van der Waals surface area contributed by atoms with E-state index in [-0.39, 0.29) is 11.9 Å². The summed E-state index contributed by atoms with van der Waals surface area (Å²) in [5, 5.41) is 7.38. The molecule has 2 rings (SSSR count). The molecule has 0 spiro atoms. The second kappa shape index (κ2) is 7.41. The maximum Gasteiger partial charge on any atom is 0.165 e. The van der Waals surface area contributed by atoms with E-state index in [1.165, 1.54) is 5.56 Å². The summed E-state index contributed by atoms with van der Waals surface area (Å²) in [6.45, 7) is 5.42. The molecule has 0 aliphatic rings. The zero-order valence-electron chi connectivity index (χ0n) is 11.9. The summed E-state index contributed by atoms with van der Waals surface area (Å²) in [5.41, 5.74) is 2.17. The third-order valence-electron chi connectivity index (χ3n) is 3.19. The van der Waals surface area contributed by atoms with Gasteiger partial charge in [0.05, 0.1) is 6.61 Å².